The molecule has 1 aromatic carbocycles. The first kappa shape index (κ1) is 18.0. The van der Waals surface area contributed by atoms with Crippen LogP contribution in [-0.4, -0.2) is 44.4 Å². The van der Waals surface area contributed by atoms with Gasteiger partial charge in [-0.25, -0.2) is 0 Å². The molecule has 0 spiro atoms. The number of thioether (sulfide) groups is 1. The Bertz CT molecular complexity index is 711. The van der Waals surface area contributed by atoms with Gasteiger partial charge in [-0.05, 0) is 6.92 Å². The highest BCUT2D eigenvalue weighted by Gasteiger charge is 2.15. The van der Waals surface area contributed by atoms with E-state index in [4.69, 9.17) is 0 Å². The van der Waals surface area contributed by atoms with Crippen LogP contribution >= 0.6 is 11.8 Å². The Morgan fingerprint density at radius 1 is 1.21 bits per heavy atom. The second kappa shape index (κ2) is 8.49. The van der Waals surface area contributed by atoms with Crippen LogP contribution < -0.4 is 0 Å². The molecule has 0 unspecified atom stereocenters. The lowest BCUT2D eigenvalue weighted by atomic mass is 10.1. The normalized spacial score (nSPS) is 10.4. The maximum absolute atomic E-state index is 12.3. The fourth-order valence-electron chi connectivity index (χ4n) is 2.20. The summed E-state index contributed by atoms with van der Waals surface area (Å²) in [5, 5.41) is 9.17. The van der Waals surface area contributed by atoms with Crippen LogP contribution in [0.25, 0.3) is 11.4 Å². The van der Waals surface area contributed by atoms with Crippen molar-refractivity contribution in [3.63, 3.8) is 0 Å². The molecule has 0 bridgehead atoms. The minimum Gasteiger partial charge on any atom is -0.335 e. The monoisotopic (exact) mass is 342 g/mol. The third-order valence-corrected chi connectivity index (χ3v) is 4.53. The average Bonchev–Trinajstić information content (AvgIpc) is 2.94. The average molecular weight is 342 g/mol. The van der Waals surface area contributed by atoms with Gasteiger partial charge in [-0.2, -0.15) is 0 Å². The Kier molecular flexibility index (Phi) is 6.37. The van der Waals surface area contributed by atoms with Crippen LogP contribution in [0.5, 0.6) is 0 Å². The van der Waals surface area contributed by atoms with Crippen molar-refractivity contribution in [2.24, 2.45) is 7.05 Å². The van der Waals surface area contributed by atoms with Gasteiger partial charge in [0.15, 0.2) is 11.0 Å². The van der Waals surface area contributed by atoms with Gasteiger partial charge in [0.25, 0.3) is 0 Å². The van der Waals surface area contributed by atoms with Crippen LogP contribution in [0.2, 0.25) is 0 Å². The zero-order valence-corrected chi connectivity index (χ0v) is 14.9. The highest BCUT2D eigenvalue weighted by molar-refractivity contribution is 7.99. The van der Waals surface area contributed by atoms with Gasteiger partial charge in [0.2, 0.25) is 5.91 Å². The molecule has 0 aliphatic rings. The molecule has 1 amide bonds. The van der Waals surface area contributed by atoms with Gasteiger partial charge >= 0.3 is 0 Å². The molecule has 0 saturated carbocycles. The standard InChI is InChI=1S/C18H22N4OS/c1-5-11-22(12-6-2)16(23)13-24-18-20-19-17(21(18)4)15-9-7-14(3)8-10-15/h5-10H,1-2,11-13H2,3-4H3. The number of rotatable bonds is 8. The molecule has 0 aliphatic carbocycles. The number of amides is 1. The van der Waals surface area contributed by atoms with Crippen LogP contribution in [0.4, 0.5) is 0 Å². The molecule has 0 aliphatic heterocycles. The Morgan fingerprint density at radius 3 is 2.42 bits per heavy atom. The molecule has 0 atom stereocenters. The molecule has 0 fully saturated rings. The summed E-state index contributed by atoms with van der Waals surface area (Å²) in [5.41, 5.74) is 2.21. The third kappa shape index (κ3) is 4.35. The van der Waals surface area contributed by atoms with Crippen molar-refractivity contribution in [2.75, 3.05) is 18.8 Å². The van der Waals surface area contributed by atoms with Crippen molar-refractivity contribution in [1.29, 1.82) is 0 Å². The Balaban J connectivity index is 2.06. The number of aromatic nitrogens is 3. The Hall–Kier alpha value is -2.34. The number of hydrogen-bond donors (Lipinski definition) is 0. The Morgan fingerprint density at radius 2 is 1.83 bits per heavy atom. The smallest absolute Gasteiger partial charge is 0.233 e. The fraction of sp³-hybridized carbons (Fsp3) is 0.278. The first-order valence-corrected chi connectivity index (χ1v) is 8.64. The van der Waals surface area contributed by atoms with E-state index in [2.05, 4.69) is 23.4 Å². The Labute approximate surface area is 147 Å². The summed E-state index contributed by atoms with van der Waals surface area (Å²) < 4.78 is 1.91. The van der Waals surface area contributed by atoms with Crippen LogP contribution in [-0.2, 0) is 11.8 Å². The van der Waals surface area contributed by atoms with Crippen LogP contribution in [0.3, 0.4) is 0 Å². The van der Waals surface area contributed by atoms with E-state index in [0.717, 1.165) is 16.5 Å². The van der Waals surface area contributed by atoms with Crippen molar-refractivity contribution < 1.29 is 4.79 Å². The summed E-state index contributed by atoms with van der Waals surface area (Å²) in [6, 6.07) is 8.13. The minimum atomic E-state index is 0.0275. The minimum absolute atomic E-state index is 0.0275. The fourth-order valence-corrected chi connectivity index (χ4v) is 3.02. The quantitative estimate of drug-likeness (QED) is 0.546. The topological polar surface area (TPSA) is 51.0 Å². The molecule has 2 rings (SSSR count). The van der Waals surface area contributed by atoms with E-state index >= 15 is 0 Å². The van der Waals surface area contributed by atoms with Crippen LogP contribution in [0.1, 0.15) is 5.56 Å². The molecule has 5 nitrogen and oxygen atoms in total. The largest absolute Gasteiger partial charge is 0.335 e. The van der Waals surface area contributed by atoms with E-state index < -0.39 is 0 Å². The summed E-state index contributed by atoms with van der Waals surface area (Å²) in [6.45, 7) is 10.4. The number of carbonyl (C=O) groups excluding carboxylic acids is 1. The van der Waals surface area contributed by atoms with Gasteiger partial charge in [0.05, 0.1) is 5.75 Å². The zero-order valence-electron chi connectivity index (χ0n) is 14.1. The predicted molar refractivity (Wildman–Crippen MR) is 98.9 cm³/mol. The number of aryl methyl sites for hydroxylation is 1. The van der Waals surface area contributed by atoms with Crippen LogP contribution in [0, 0.1) is 6.92 Å². The SMILES string of the molecule is C=CCN(CC=C)C(=O)CSc1nnc(-c2ccc(C)cc2)n1C. The van der Waals surface area contributed by atoms with Gasteiger partial charge in [-0.1, -0.05) is 53.7 Å². The molecule has 0 N–H and O–H groups in total. The van der Waals surface area contributed by atoms with E-state index in [1.807, 2.05) is 42.8 Å². The lowest BCUT2D eigenvalue weighted by Crippen LogP contribution is -2.32. The second-order valence-electron chi connectivity index (χ2n) is 5.40. The molecule has 24 heavy (non-hydrogen) atoms. The molecule has 126 valence electrons. The third-order valence-electron chi connectivity index (χ3n) is 3.52. The highest BCUT2D eigenvalue weighted by Crippen LogP contribution is 2.23. The van der Waals surface area contributed by atoms with Crippen molar-refractivity contribution in [3.8, 4) is 11.4 Å². The van der Waals surface area contributed by atoms with Crippen LogP contribution in [0.15, 0.2) is 54.7 Å². The lowest BCUT2D eigenvalue weighted by Gasteiger charge is -2.18. The number of nitrogens with zero attached hydrogens (tertiary/aromatic N) is 4. The van der Waals surface area contributed by atoms with Gasteiger partial charge < -0.3 is 9.47 Å². The molecular formula is C18H22N4OS. The molecule has 1 heterocycles. The first-order chi connectivity index (χ1) is 11.6. The summed E-state index contributed by atoms with van der Waals surface area (Å²) in [6.07, 6.45) is 3.42. The van der Waals surface area contributed by atoms with Gasteiger partial charge in [0.1, 0.15) is 0 Å². The molecule has 0 radical (unpaired) electrons. The summed E-state index contributed by atoms with van der Waals surface area (Å²) in [7, 11) is 1.91. The molecule has 2 aromatic rings. The van der Waals surface area contributed by atoms with E-state index in [-0.39, 0.29) is 5.91 Å². The van der Waals surface area contributed by atoms with Crippen molar-refractivity contribution in [1.82, 2.24) is 19.7 Å². The van der Waals surface area contributed by atoms with Gasteiger partial charge in [0, 0.05) is 25.7 Å². The number of carbonyl (C=O) groups is 1. The number of hydrogen-bond acceptors (Lipinski definition) is 4. The van der Waals surface area contributed by atoms with Crippen molar-refractivity contribution >= 4 is 17.7 Å². The van der Waals surface area contributed by atoms with E-state index in [0.29, 0.717) is 18.8 Å². The van der Waals surface area contributed by atoms with E-state index in [1.165, 1.54) is 17.3 Å². The first-order valence-electron chi connectivity index (χ1n) is 7.65. The molecule has 6 heteroatoms. The maximum atomic E-state index is 12.3. The maximum Gasteiger partial charge on any atom is 0.233 e. The van der Waals surface area contributed by atoms with Crippen molar-refractivity contribution in [3.05, 3.63) is 55.1 Å². The number of benzene rings is 1. The molecule has 1 aromatic heterocycles. The van der Waals surface area contributed by atoms with Gasteiger partial charge in [-0.15, -0.1) is 23.4 Å². The summed E-state index contributed by atoms with van der Waals surface area (Å²) in [5.74, 6) is 1.13. The zero-order chi connectivity index (χ0) is 17.5. The molecule has 0 saturated heterocycles. The highest BCUT2D eigenvalue weighted by atomic mass is 32.2. The lowest BCUT2D eigenvalue weighted by molar-refractivity contribution is -0.127. The van der Waals surface area contributed by atoms with E-state index in [9.17, 15) is 4.79 Å². The molecular weight excluding hydrogens is 320 g/mol. The summed E-state index contributed by atoms with van der Waals surface area (Å²) >= 11 is 1.38. The predicted octanol–water partition coefficient (Wildman–Crippen LogP) is 3.08. The summed E-state index contributed by atoms with van der Waals surface area (Å²) in [4.78, 5) is 14.0. The van der Waals surface area contributed by atoms with Gasteiger partial charge in [-0.3, -0.25) is 4.79 Å². The van der Waals surface area contributed by atoms with E-state index in [1.54, 1.807) is 17.1 Å². The second-order valence-corrected chi connectivity index (χ2v) is 6.34. The van der Waals surface area contributed by atoms with Crippen molar-refractivity contribution in [2.45, 2.75) is 12.1 Å².